The van der Waals surface area contributed by atoms with Crippen LogP contribution in [0.15, 0.2) is 0 Å². The molecule has 6 rings (SSSR count). The Morgan fingerprint density at radius 1 is 0.413 bits per heavy atom. The Hall–Kier alpha value is 2.06. The van der Waals surface area contributed by atoms with Gasteiger partial charge in [-0.15, -0.1) is 0 Å². The molecular weight excluding hydrogens is 726 g/mol. The van der Waals surface area contributed by atoms with Crippen molar-refractivity contribution >= 4 is 35.2 Å². The molecule has 0 aromatic rings. The standard InChI is InChI=1S/2C18H33P.C5H8.2ClH.Ru/c2*1-4-10-16(11-5-1)19(17-12-6-2-7-13-17)18-14-8-3-9-15-18;1-4-5(2)3;;;/h2*16-18H,1-15H2;1,4H,2-3H3;2*1H;/q;;;;;+2/p-2. The van der Waals surface area contributed by atoms with Gasteiger partial charge in [0.1, 0.15) is 0 Å². The van der Waals surface area contributed by atoms with Gasteiger partial charge >= 0.3 is 34.5 Å². The van der Waals surface area contributed by atoms with Crippen LogP contribution in [0.1, 0.15) is 206 Å². The first-order chi connectivity index (χ1) is 22.6. The second kappa shape index (κ2) is 26.8. The average Bonchev–Trinajstić information content (AvgIpc) is 3.12. The number of hydrogen-bond donors (Lipinski definition) is 0. The maximum atomic E-state index is 5.01. The van der Waals surface area contributed by atoms with E-state index >= 15 is 0 Å². The van der Waals surface area contributed by atoms with Crippen LogP contribution in [-0.2, 0) is 15.1 Å². The fraction of sp³-hybridized carbons (Fsp3) is 0.927. The molecule has 6 fully saturated rings. The molecule has 0 nitrogen and oxygen atoms in total. The summed E-state index contributed by atoms with van der Waals surface area (Å²) in [6.45, 7) is 8.93. The summed E-state index contributed by atoms with van der Waals surface area (Å²) in [5.74, 6) is 1.16. The Kier molecular flexibility index (Phi) is 24.7. The SMILES string of the molecule is C1CCC(P(C2CCCCC2)C2CCCCC2)CC1.C1CCC(P(C2CCCCC2)C2CCCCC2)CC1.[CH][CH][C](C)C.[Cl][Ru][Cl]. The number of hydrogen-bond acceptors (Lipinski definition) is 0. The molecule has 0 aromatic heterocycles. The van der Waals surface area contributed by atoms with Crippen LogP contribution in [0.2, 0.25) is 0 Å². The van der Waals surface area contributed by atoms with E-state index in [0.29, 0.717) is 15.8 Å². The molecule has 0 amide bonds. The topological polar surface area (TPSA) is 0 Å². The average molecular weight is 801 g/mol. The fourth-order valence-corrected chi connectivity index (χ4v) is 19.4. The first-order valence-corrected chi connectivity index (χ1v) is 27.9. The summed E-state index contributed by atoms with van der Waals surface area (Å²) < 4.78 is 0. The molecule has 6 aliphatic carbocycles. The van der Waals surface area contributed by atoms with Crippen molar-refractivity contribution in [2.45, 2.75) is 240 Å². The summed E-state index contributed by atoms with van der Waals surface area (Å²) in [5.41, 5.74) is 7.14. The predicted molar refractivity (Wildman–Crippen MR) is 210 cm³/mol. The quantitative estimate of drug-likeness (QED) is 0.178. The van der Waals surface area contributed by atoms with E-state index in [1.54, 1.807) is 161 Å². The molecule has 0 atom stereocenters. The molecule has 0 unspecified atom stereocenters. The molecule has 0 saturated heterocycles. The second-order valence-electron chi connectivity index (χ2n) is 15.9. The molecule has 5 heteroatoms. The van der Waals surface area contributed by atoms with Crippen LogP contribution in [0.25, 0.3) is 0 Å². The third-order valence-corrected chi connectivity index (χ3v) is 20.5. The molecule has 0 N–H and O–H groups in total. The van der Waals surface area contributed by atoms with Crippen LogP contribution in [0.4, 0.5) is 0 Å². The monoisotopic (exact) mass is 800 g/mol. The zero-order chi connectivity index (χ0) is 32.8. The van der Waals surface area contributed by atoms with E-state index in [1.165, 1.54) is 72.5 Å². The van der Waals surface area contributed by atoms with Crippen LogP contribution in [0.3, 0.4) is 0 Å². The van der Waals surface area contributed by atoms with Crippen molar-refractivity contribution in [1.29, 1.82) is 0 Å². The van der Waals surface area contributed by atoms with Gasteiger partial charge in [-0.25, -0.2) is 0 Å². The summed E-state index contributed by atoms with van der Waals surface area (Å²) in [7, 11) is 10.5. The van der Waals surface area contributed by atoms with Gasteiger partial charge in [-0.2, -0.15) is 0 Å². The van der Waals surface area contributed by atoms with Crippen LogP contribution < -0.4 is 0 Å². The fourth-order valence-electron chi connectivity index (χ4n) is 10.1. The summed E-state index contributed by atoms with van der Waals surface area (Å²) >= 11 is -0.346. The number of halogens is 2. The summed E-state index contributed by atoms with van der Waals surface area (Å²) in [6.07, 6.45) is 48.8. The first-order valence-electron chi connectivity index (χ1n) is 20.3. The minimum atomic E-state index is -0.346. The van der Waals surface area contributed by atoms with Crippen molar-refractivity contribution in [2.24, 2.45) is 0 Å². The van der Waals surface area contributed by atoms with E-state index in [1.807, 2.05) is 13.8 Å². The van der Waals surface area contributed by atoms with Gasteiger partial charge in [-0.05, 0) is 130 Å². The van der Waals surface area contributed by atoms with Gasteiger partial charge < -0.3 is 0 Å². The molecule has 0 aromatic carbocycles. The molecule has 0 spiro atoms. The molecule has 6 aliphatic rings. The third-order valence-electron chi connectivity index (χ3n) is 12.3. The Morgan fingerprint density at radius 2 is 0.543 bits per heavy atom. The summed E-state index contributed by atoms with van der Waals surface area (Å²) in [6, 6.07) is 0. The molecule has 46 heavy (non-hydrogen) atoms. The van der Waals surface area contributed by atoms with Crippen molar-refractivity contribution in [3.8, 4) is 0 Å². The molecule has 6 saturated carbocycles. The summed E-state index contributed by atoms with van der Waals surface area (Å²) in [4.78, 5) is 0. The van der Waals surface area contributed by atoms with Crippen molar-refractivity contribution in [1.82, 2.24) is 0 Å². The van der Waals surface area contributed by atoms with Gasteiger partial charge in [0.2, 0.25) is 0 Å². The molecule has 0 aliphatic heterocycles. The van der Waals surface area contributed by atoms with Gasteiger partial charge in [0.05, 0.1) is 0 Å². The van der Waals surface area contributed by atoms with Crippen molar-refractivity contribution < 1.29 is 15.1 Å². The normalized spacial score (nSPS) is 25.4. The van der Waals surface area contributed by atoms with Gasteiger partial charge in [0, 0.05) is 0 Å². The summed E-state index contributed by atoms with van der Waals surface area (Å²) in [5, 5.41) is 0. The van der Waals surface area contributed by atoms with Crippen LogP contribution in [0, 0.1) is 19.3 Å². The van der Waals surface area contributed by atoms with Gasteiger partial charge in [0.25, 0.3) is 0 Å². The molecule has 0 heterocycles. The molecular formula is C41H74Cl2P2Ru. The Balaban J connectivity index is 0.000000204. The van der Waals surface area contributed by atoms with Crippen molar-refractivity contribution in [2.75, 3.05) is 0 Å². The van der Waals surface area contributed by atoms with Crippen molar-refractivity contribution in [3.05, 3.63) is 19.3 Å². The first kappa shape index (κ1) is 42.5. The van der Waals surface area contributed by atoms with Gasteiger partial charge in [0.15, 0.2) is 0 Å². The minimum absolute atomic E-state index is 0.346. The van der Waals surface area contributed by atoms with Gasteiger partial charge in [-0.3, -0.25) is 0 Å². The zero-order valence-electron chi connectivity index (χ0n) is 30.3. The van der Waals surface area contributed by atoms with Crippen LogP contribution in [-0.4, -0.2) is 34.0 Å². The second-order valence-corrected chi connectivity index (χ2v) is 24.7. The Labute approximate surface area is 308 Å². The van der Waals surface area contributed by atoms with Crippen LogP contribution >= 0.6 is 35.2 Å². The molecule has 4 radical (unpaired) electrons. The van der Waals surface area contributed by atoms with E-state index in [9.17, 15) is 0 Å². The van der Waals surface area contributed by atoms with E-state index in [-0.39, 0.29) is 15.1 Å². The van der Waals surface area contributed by atoms with E-state index < -0.39 is 0 Å². The van der Waals surface area contributed by atoms with Crippen molar-refractivity contribution in [3.63, 3.8) is 0 Å². The third kappa shape index (κ3) is 16.2. The van der Waals surface area contributed by atoms with Gasteiger partial charge in [-0.1, -0.05) is 145 Å². The van der Waals surface area contributed by atoms with E-state index in [2.05, 4.69) is 0 Å². The Morgan fingerprint density at radius 3 is 0.652 bits per heavy atom. The molecule has 0 bridgehead atoms. The van der Waals surface area contributed by atoms with E-state index in [0.717, 1.165) is 5.92 Å². The van der Waals surface area contributed by atoms with Crippen LogP contribution in [0.5, 0.6) is 0 Å². The zero-order valence-corrected chi connectivity index (χ0v) is 35.4. The van der Waals surface area contributed by atoms with E-state index in [4.69, 9.17) is 26.3 Å². The number of rotatable bonds is 7. The molecule has 270 valence electrons. The predicted octanol–water partition coefficient (Wildman–Crippen LogP) is 15.8. The maximum absolute atomic E-state index is 5.01. The Bertz CT molecular complexity index is 547.